The molecule has 0 saturated carbocycles. The minimum atomic E-state index is -0.587. The van der Waals surface area contributed by atoms with E-state index in [4.69, 9.17) is 4.74 Å². The van der Waals surface area contributed by atoms with Gasteiger partial charge in [-0.2, -0.15) is 0 Å². The second-order valence-electron chi connectivity index (χ2n) is 4.42. The maximum atomic E-state index is 12.1. The highest BCUT2D eigenvalue weighted by Gasteiger charge is 2.18. The van der Waals surface area contributed by atoms with Crippen LogP contribution in [0.15, 0.2) is 18.2 Å². The third-order valence-corrected chi connectivity index (χ3v) is 4.21. The molecule has 1 aromatic carbocycles. The third-order valence-electron chi connectivity index (χ3n) is 2.78. The van der Waals surface area contributed by atoms with Crippen molar-refractivity contribution in [1.82, 2.24) is 10.6 Å². The van der Waals surface area contributed by atoms with E-state index in [0.29, 0.717) is 18.7 Å². The van der Waals surface area contributed by atoms with Crippen LogP contribution in [0.1, 0.15) is 22.8 Å². The molecular formula is C14H19IN2O3. The summed E-state index contributed by atoms with van der Waals surface area (Å²) in [6.07, 6.45) is 0. The van der Waals surface area contributed by atoms with Gasteiger partial charge in [0.05, 0.1) is 12.2 Å². The van der Waals surface area contributed by atoms with Gasteiger partial charge in [-0.1, -0.05) is 12.1 Å². The Bertz CT molecular complexity index is 491. The lowest BCUT2D eigenvalue weighted by molar-refractivity contribution is -0.122. The Labute approximate surface area is 132 Å². The normalized spacial score (nSPS) is 11.8. The zero-order chi connectivity index (χ0) is 15.1. The lowest BCUT2D eigenvalue weighted by atomic mass is 10.1. The fourth-order valence-electron chi connectivity index (χ4n) is 1.59. The number of amides is 2. The van der Waals surface area contributed by atoms with E-state index in [2.05, 4.69) is 33.2 Å². The number of hydrogen-bond acceptors (Lipinski definition) is 3. The Hall–Kier alpha value is -1.15. The molecule has 0 radical (unpaired) electrons. The van der Waals surface area contributed by atoms with Crippen LogP contribution in [-0.4, -0.2) is 38.1 Å². The molecule has 6 heteroatoms. The van der Waals surface area contributed by atoms with Crippen molar-refractivity contribution in [2.75, 3.05) is 20.3 Å². The average molecular weight is 390 g/mol. The fourth-order valence-corrected chi connectivity index (χ4v) is 2.20. The van der Waals surface area contributed by atoms with Crippen LogP contribution in [-0.2, 0) is 9.53 Å². The van der Waals surface area contributed by atoms with Gasteiger partial charge in [0.25, 0.3) is 5.91 Å². The molecule has 0 heterocycles. The molecule has 0 aliphatic rings. The zero-order valence-corrected chi connectivity index (χ0v) is 14.0. The Morgan fingerprint density at radius 2 is 2.10 bits per heavy atom. The van der Waals surface area contributed by atoms with E-state index in [-0.39, 0.29) is 11.8 Å². The maximum Gasteiger partial charge on any atom is 0.253 e. The van der Waals surface area contributed by atoms with E-state index in [9.17, 15) is 9.59 Å². The number of hydrogen-bond donors (Lipinski definition) is 2. The molecular weight excluding hydrogens is 371 g/mol. The first-order valence-electron chi connectivity index (χ1n) is 6.30. The summed E-state index contributed by atoms with van der Waals surface area (Å²) >= 11 is 2.13. The predicted octanol–water partition coefficient (Wildman–Crippen LogP) is 1.48. The van der Waals surface area contributed by atoms with Crippen molar-refractivity contribution in [2.24, 2.45) is 0 Å². The first-order valence-corrected chi connectivity index (χ1v) is 7.38. The molecule has 2 amide bonds. The van der Waals surface area contributed by atoms with Crippen LogP contribution in [0, 0.1) is 10.5 Å². The third kappa shape index (κ3) is 4.75. The van der Waals surface area contributed by atoms with Crippen molar-refractivity contribution in [1.29, 1.82) is 0 Å². The van der Waals surface area contributed by atoms with Gasteiger partial charge in [0.2, 0.25) is 5.91 Å². The van der Waals surface area contributed by atoms with E-state index < -0.39 is 6.04 Å². The van der Waals surface area contributed by atoms with Gasteiger partial charge < -0.3 is 15.4 Å². The molecule has 20 heavy (non-hydrogen) atoms. The summed E-state index contributed by atoms with van der Waals surface area (Å²) in [4.78, 5) is 23.9. The summed E-state index contributed by atoms with van der Waals surface area (Å²) in [5.74, 6) is -0.467. The largest absolute Gasteiger partial charge is 0.383 e. The smallest absolute Gasteiger partial charge is 0.253 e. The first-order chi connectivity index (χ1) is 9.47. The van der Waals surface area contributed by atoms with Crippen molar-refractivity contribution in [3.8, 4) is 0 Å². The molecule has 1 unspecified atom stereocenters. The molecule has 110 valence electrons. The van der Waals surface area contributed by atoms with Gasteiger partial charge in [-0.05, 0) is 48.1 Å². The van der Waals surface area contributed by atoms with Crippen molar-refractivity contribution in [3.05, 3.63) is 32.9 Å². The number of halogens is 1. The van der Waals surface area contributed by atoms with E-state index in [1.807, 2.05) is 19.1 Å². The topological polar surface area (TPSA) is 67.4 Å². The molecule has 0 aromatic heterocycles. The number of carbonyl (C=O) groups is 2. The molecule has 0 bridgehead atoms. The number of rotatable bonds is 6. The number of carbonyl (C=O) groups excluding carboxylic acids is 2. The number of ether oxygens (including phenoxy) is 1. The van der Waals surface area contributed by atoms with Crippen LogP contribution >= 0.6 is 22.6 Å². The van der Waals surface area contributed by atoms with Gasteiger partial charge in [0.1, 0.15) is 6.04 Å². The highest BCUT2D eigenvalue weighted by Crippen LogP contribution is 2.16. The number of methoxy groups -OCH3 is 1. The van der Waals surface area contributed by atoms with Crippen molar-refractivity contribution in [2.45, 2.75) is 19.9 Å². The Kier molecular flexibility index (Phi) is 6.94. The summed E-state index contributed by atoms with van der Waals surface area (Å²) in [6.45, 7) is 4.47. The predicted molar refractivity (Wildman–Crippen MR) is 85.7 cm³/mol. The average Bonchev–Trinajstić information content (AvgIpc) is 2.41. The lowest BCUT2D eigenvalue weighted by Crippen LogP contribution is -2.45. The summed E-state index contributed by atoms with van der Waals surface area (Å²) in [6, 6.07) is 4.94. The highest BCUT2D eigenvalue weighted by molar-refractivity contribution is 14.1. The van der Waals surface area contributed by atoms with Gasteiger partial charge in [0.15, 0.2) is 0 Å². The summed E-state index contributed by atoms with van der Waals surface area (Å²) in [7, 11) is 1.57. The van der Waals surface area contributed by atoms with E-state index >= 15 is 0 Å². The fraction of sp³-hybridized carbons (Fsp3) is 0.429. The van der Waals surface area contributed by atoms with Crippen molar-refractivity contribution in [3.63, 3.8) is 0 Å². The quantitative estimate of drug-likeness (QED) is 0.571. The Balaban J connectivity index is 2.61. The molecule has 1 rings (SSSR count). The van der Waals surface area contributed by atoms with Gasteiger partial charge in [-0.3, -0.25) is 9.59 Å². The lowest BCUT2D eigenvalue weighted by Gasteiger charge is -2.15. The summed E-state index contributed by atoms with van der Waals surface area (Å²) < 4.78 is 5.75. The highest BCUT2D eigenvalue weighted by atomic mass is 127. The van der Waals surface area contributed by atoms with E-state index in [1.165, 1.54) is 0 Å². The van der Waals surface area contributed by atoms with Gasteiger partial charge in [-0.25, -0.2) is 0 Å². The molecule has 0 fully saturated rings. The Morgan fingerprint density at radius 3 is 2.75 bits per heavy atom. The van der Waals surface area contributed by atoms with Crippen molar-refractivity contribution >= 4 is 34.4 Å². The van der Waals surface area contributed by atoms with E-state index in [1.54, 1.807) is 20.1 Å². The van der Waals surface area contributed by atoms with E-state index in [0.717, 1.165) is 9.13 Å². The molecule has 0 saturated heterocycles. The van der Waals surface area contributed by atoms with Gasteiger partial charge in [0, 0.05) is 17.2 Å². The molecule has 1 atom stereocenters. The maximum absolute atomic E-state index is 12.1. The summed E-state index contributed by atoms with van der Waals surface area (Å²) in [5, 5.41) is 5.38. The molecule has 0 aliphatic heterocycles. The van der Waals surface area contributed by atoms with Crippen LogP contribution in [0.3, 0.4) is 0 Å². The van der Waals surface area contributed by atoms with Crippen LogP contribution in [0.4, 0.5) is 0 Å². The number of benzene rings is 1. The minimum Gasteiger partial charge on any atom is -0.383 e. The molecule has 0 spiro atoms. The SMILES string of the molecule is COCCNC(=O)C(C)NC(=O)c1cccc(C)c1I. The van der Waals surface area contributed by atoms with Gasteiger partial charge in [-0.15, -0.1) is 0 Å². The minimum absolute atomic E-state index is 0.224. The number of nitrogens with one attached hydrogen (secondary N) is 2. The zero-order valence-electron chi connectivity index (χ0n) is 11.8. The first kappa shape index (κ1) is 16.9. The number of aryl methyl sites for hydroxylation is 1. The van der Waals surface area contributed by atoms with Crippen LogP contribution in [0.25, 0.3) is 0 Å². The standard InChI is InChI=1S/C14H19IN2O3/c1-9-5-4-6-11(12(9)15)14(19)17-10(2)13(18)16-7-8-20-3/h4-6,10H,7-8H2,1-3H3,(H,16,18)(H,17,19). The molecule has 1 aromatic rings. The Morgan fingerprint density at radius 1 is 1.40 bits per heavy atom. The summed E-state index contributed by atoms with van der Waals surface area (Å²) in [5.41, 5.74) is 1.62. The van der Waals surface area contributed by atoms with Crippen LogP contribution in [0.5, 0.6) is 0 Å². The molecule has 0 aliphatic carbocycles. The van der Waals surface area contributed by atoms with Gasteiger partial charge >= 0.3 is 0 Å². The second-order valence-corrected chi connectivity index (χ2v) is 5.49. The monoisotopic (exact) mass is 390 g/mol. The molecule has 5 nitrogen and oxygen atoms in total. The molecule has 2 N–H and O–H groups in total. The van der Waals surface area contributed by atoms with Crippen molar-refractivity contribution < 1.29 is 14.3 Å². The van der Waals surface area contributed by atoms with Crippen LogP contribution in [0.2, 0.25) is 0 Å². The second kappa shape index (κ2) is 8.21. The van der Waals surface area contributed by atoms with Crippen LogP contribution < -0.4 is 10.6 Å².